The van der Waals surface area contributed by atoms with Crippen LogP contribution in [-0.2, 0) is 24.8 Å². The van der Waals surface area contributed by atoms with E-state index in [2.05, 4.69) is 9.88 Å². The van der Waals surface area contributed by atoms with Crippen LogP contribution in [0.15, 0.2) is 38.6 Å². The number of carbonyl (C=O) groups is 1. The summed E-state index contributed by atoms with van der Waals surface area (Å²) < 4.78 is 59.4. The third-order valence-corrected chi connectivity index (χ3v) is 8.81. The Hall–Kier alpha value is -2.79. The van der Waals surface area contributed by atoms with E-state index in [1.54, 1.807) is 0 Å². The van der Waals surface area contributed by atoms with Gasteiger partial charge in [-0.05, 0) is 45.0 Å². The van der Waals surface area contributed by atoms with Gasteiger partial charge in [0.15, 0.2) is 5.76 Å². The maximum absolute atomic E-state index is 12.8. The first-order valence-electron chi connectivity index (χ1n) is 9.71. The molecule has 1 N–H and O–H groups in total. The summed E-state index contributed by atoms with van der Waals surface area (Å²) >= 11 is 0. The van der Waals surface area contributed by atoms with Crippen molar-refractivity contribution in [2.45, 2.75) is 36.6 Å². The van der Waals surface area contributed by atoms with Crippen LogP contribution in [0.25, 0.3) is 0 Å². The molecule has 1 aromatic heterocycles. The highest BCUT2D eigenvalue weighted by atomic mass is 32.2. The van der Waals surface area contributed by atoms with Crippen molar-refractivity contribution in [2.75, 3.05) is 26.2 Å². The van der Waals surface area contributed by atoms with Gasteiger partial charge >= 0.3 is 0 Å². The molecule has 1 saturated heterocycles. The standard InChI is InChI=1S/C19H23N5O6S2/c1-13-18(15(3)30-21-13)31(26,27)22-14(2)19(25)23-8-10-24(11-9-23)32(28,29)17-6-4-16(12-20)5-7-17/h4-7,14,22H,8-11H2,1-3H3/t14-/m0/s1. The van der Waals surface area contributed by atoms with Crippen LogP contribution in [0.1, 0.15) is 23.9 Å². The van der Waals surface area contributed by atoms with E-state index >= 15 is 0 Å². The number of hydrogen-bond acceptors (Lipinski definition) is 8. The van der Waals surface area contributed by atoms with Crippen molar-refractivity contribution < 1.29 is 26.2 Å². The SMILES string of the molecule is Cc1noc(C)c1S(=O)(=O)N[C@@H](C)C(=O)N1CCN(S(=O)(=O)c2ccc(C#N)cc2)CC1. The summed E-state index contributed by atoms with van der Waals surface area (Å²) in [5.74, 6) is -0.341. The molecule has 13 heteroatoms. The van der Waals surface area contributed by atoms with Crippen LogP contribution in [0, 0.1) is 25.2 Å². The Labute approximate surface area is 186 Å². The summed E-state index contributed by atoms with van der Waals surface area (Å²) in [5, 5.41) is 12.5. The number of piperazine rings is 1. The molecule has 2 aromatic rings. The Morgan fingerprint density at radius 2 is 1.72 bits per heavy atom. The van der Waals surface area contributed by atoms with Crippen molar-refractivity contribution in [1.29, 1.82) is 5.26 Å². The first-order valence-corrected chi connectivity index (χ1v) is 12.6. The highest BCUT2D eigenvalue weighted by Gasteiger charge is 2.34. The lowest BCUT2D eigenvalue weighted by Crippen LogP contribution is -2.55. The number of carbonyl (C=O) groups excluding carboxylic acids is 1. The molecule has 1 aliphatic heterocycles. The first-order chi connectivity index (χ1) is 15.0. The third-order valence-electron chi connectivity index (χ3n) is 5.11. The van der Waals surface area contributed by atoms with Gasteiger partial charge in [0.2, 0.25) is 26.0 Å². The molecule has 0 aliphatic carbocycles. The molecule has 1 aliphatic rings. The lowest BCUT2D eigenvalue weighted by Gasteiger charge is -2.35. The van der Waals surface area contributed by atoms with Gasteiger partial charge in [-0.15, -0.1) is 0 Å². The third kappa shape index (κ3) is 4.68. The van der Waals surface area contributed by atoms with Gasteiger partial charge in [0.25, 0.3) is 0 Å². The fourth-order valence-electron chi connectivity index (χ4n) is 3.47. The average molecular weight is 482 g/mol. The second kappa shape index (κ2) is 8.99. The van der Waals surface area contributed by atoms with Crippen molar-refractivity contribution in [2.24, 2.45) is 0 Å². The molecule has 11 nitrogen and oxygen atoms in total. The molecule has 2 heterocycles. The first kappa shape index (κ1) is 23.9. The topological polar surface area (TPSA) is 154 Å². The van der Waals surface area contributed by atoms with E-state index in [0.29, 0.717) is 5.56 Å². The smallest absolute Gasteiger partial charge is 0.246 e. The van der Waals surface area contributed by atoms with E-state index in [1.807, 2.05) is 6.07 Å². The molecule has 1 aromatic carbocycles. The zero-order chi connectivity index (χ0) is 23.7. The lowest BCUT2D eigenvalue weighted by molar-refractivity contribution is -0.133. The molecule has 0 unspecified atom stereocenters. The molecule has 0 saturated carbocycles. The minimum atomic E-state index is -4.02. The van der Waals surface area contributed by atoms with Gasteiger partial charge < -0.3 is 9.42 Å². The zero-order valence-electron chi connectivity index (χ0n) is 17.8. The van der Waals surface area contributed by atoms with Crippen LogP contribution in [-0.4, -0.2) is 69.3 Å². The highest BCUT2D eigenvalue weighted by molar-refractivity contribution is 7.89. The van der Waals surface area contributed by atoms with E-state index in [9.17, 15) is 21.6 Å². The number of sulfonamides is 2. The molecule has 0 radical (unpaired) electrons. The van der Waals surface area contributed by atoms with Gasteiger partial charge in [-0.3, -0.25) is 4.79 Å². The largest absolute Gasteiger partial charge is 0.360 e. The molecule has 1 fully saturated rings. The fraction of sp³-hybridized carbons (Fsp3) is 0.421. The summed E-state index contributed by atoms with van der Waals surface area (Å²) in [6.07, 6.45) is 0. The predicted molar refractivity (Wildman–Crippen MR) is 112 cm³/mol. The van der Waals surface area contributed by atoms with Crippen molar-refractivity contribution in [3.05, 3.63) is 41.3 Å². The summed E-state index contributed by atoms with van der Waals surface area (Å²) in [6.45, 7) is 4.75. The number of nitrogens with one attached hydrogen (secondary N) is 1. The van der Waals surface area contributed by atoms with Crippen LogP contribution in [0.5, 0.6) is 0 Å². The minimum absolute atomic E-state index is 0.0665. The van der Waals surface area contributed by atoms with E-state index in [4.69, 9.17) is 9.78 Å². The lowest BCUT2D eigenvalue weighted by atomic mass is 10.2. The monoisotopic (exact) mass is 481 g/mol. The summed E-state index contributed by atoms with van der Waals surface area (Å²) in [6, 6.07) is 6.48. The number of rotatable bonds is 6. The van der Waals surface area contributed by atoms with Gasteiger partial charge in [-0.1, -0.05) is 5.16 Å². The molecule has 172 valence electrons. The molecule has 0 bridgehead atoms. The second-order valence-electron chi connectivity index (χ2n) is 7.36. The van der Waals surface area contributed by atoms with E-state index in [-0.39, 0.29) is 47.4 Å². The summed E-state index contributed by atoms with van der Waals surface area (Å²) in [7, 11) is -7.79. The van der Waals surface area contributed by atoms with Gasteiger partial charge in [-0.2, -0.15) is 14.3 Å². The van der Waals surface area contributed by atoms with E-state index in [0.717, 1.165) is 0 Å². The van der Waals surface area contributed by atoms with Gasteiger partial charge in [0, 0.05) is 26.2 Å². The Balaban J connectivity index is 1.64. The van der Waals surface area contributed by atoms with Gasteiger partial charge in [0.1, 0.15) is 10.6 Å². The van der Waals surface area contributed by atoms with Crippen LogP contribution in [0.4, 0.5) is 0 Å². The summed E-state index contributed by atoms with van der Waals surface area (Å²) in [5.41, 5.74) is 0.545. The molecular formula is C19H23N5O6S2. The van der Waals surface area contributed by atoms with Gasteiger partial charge in [0.05, 0.1) is 22.6 Å². The number of aromatic nitrogens is 1. The highest BCUT2D eigenvalue weighted by Crippen LogP contribution is 2.20. The molecule has 1 amide bonds. The van der Waals surface area contributed by atoms with Crippen LogP contribution in [0.2, 0.25) is 0 Å². The molecule has 1 atom stereocenters. The van der Waals surface area contributed by atoms with Gasteiger partial charge in [-0.25, -0.2) is 16.8 Å². The maximum atomic E-state index is 12.8. The summed E-state index contributed by atoms with van der Waals surface area (Å²) in [4.78, 5) is 14.2. The Morgan fingerprint density at radius 3 is 2.22 bits per heavy atom. The van der Waals surface area contributed by atoms with Crippen molar-refractivity contribution in [3.8, 4) is 6.07 Å². The van der Waals surface area contributed by atoms with Crippen LogP contribution < -0.4 is 4.72 Å². The quantitative estimate of drug-likeness (QED) is 0.620. The van der Waals surface area contributed by atoms with E-state index in [1.165, 1.54) is 54.2 Å². The average Bonchev–Trinajstić information content (AvgIpc) is 3.11. The molecule has 32 heavy (non-hydrogen) atoms. The number of nitriles is 1. The van der Waals surface area contributed by atoms with Crippen molar-refractivity contribution in [1.82, 2.24) is 19.1 Å². The molecular weight excluding hydrogens is 458 g/mol. The Morgan fingerprint density at radius 1 is 1.12 bits per heavy atom. The zero-order valence-corrected chi connectivity index (χ0v) is 19.4. The number of nitrogens with zero attached hydrogens (tertiary/aromatic N) is 4. The predicted octanol–water partition coefficient (Wildman–Crippen LogP) is 0.363. The number of aryl methyl sites for hydroxylation is 2. The normalized spacial score (nSPS) is 16.5. The second-order valence-corrected chi connectivity index (χ2v) is 11.0. The van der Waals surface area contributed by atoms with Crippen molar-refractivity contribution in [3.63, 3.8) is 0 Å². The number of amides is 1. The van der Waals surface area contributed by atoms with Crippen molar-refractivity contribution >= 4 is 26.0 Å². The molecule has 0 spiro atoms. The van der Waals surface area contributed by atoms with Crippen LogP contribution in [0.3, 0.4) is 0 Å². The maximum Gasteiger partial charge on any atom is 0.246 e. The molecule has 3 rings (SSSR count). The number of hydrogen-bond donors (Lipinski definition) is 1. The van der Waals surface area contributed by atoms with E-state index < -0.39 is 32.0 Å². The Bertz CT molecular complexity index is 1230. The minimum Gasteiger partial charge on any atom is -0.360 e. The van der Waals surface area contributed by atoms with Crippen LogP contribution >= 0.6 is 0 Å². The fourth-order valence-corrected chi connectivity index (χ4v) is 6.42. The number of benzene rings is 1. The Kier molecular flexibility index (Phi) is 6.70.